The van der Waals surface area contributed by atoms with Gasteiger partial charge in [0, 0.05) is 23.7 Å². The van der Waals surface area contributed by atoms with Crippen molar-refractivity contribution in [1.82, 2.24) is 20.2 Å². The molecule has 30 heavy (non-hydrogen) atoms. The van der Waals surface area contributed by atoms with E-state index in [9.17, 15) is 4.79 Å². The first-order valence-electron chi connectivity index (χ1n) is 9.66. The van der Waals surface area contributed by atoms with Crippen LogP contribution in [0.25, 0.3) is 10.9 Å². The smallest absolute Gasteiger partial charge is 0.236 e. The van der Waals surface area contributed by atoms with Crippen molar-refractivity contribution in [2.24, 2.45) is 0 Å². The molecule has 2 aromatic heterocycles. The van der Waals surface area contributed by atoms with Crippen molar-refractivity contribution in [2.45, 2.75) is 18.5 Å². The lowest BCUT2D eigenvalue weighted by atomic mass is 10.1. The van der Waals surface area contributed by atoms with Crippen molar-refractivity contribution in [3.8, 4) is 0 Å². The van der Waals surface area contributed by atoms with E-state index < -0.39 is 0 Å². The van der Waals surface area contributed by atoms with Crippen LogP contribution in [0, 0.1) is 6.92 Å². The second-order valence-electron chi connectivity index (χ2n) is 6.81. The standard InChI is InChI=1S/C22H22N6OS/c1-15-13-19(28-27-15)25-20(29)14-30-22-24-18-10-6-5-9-17(18)21(26-22)23-12-11-16-7-3-2-4-8-16/h2-10,13H,11-12,14H2,1H3,(H,23,24,26)(H2,25,27,28,29). The zero-order valence-electron chi connectivity index (χ0n) is 16.6. The van der Waals surface area contributed by atoms with Gasteiger partial charge in [-0.25, -0.2) is 9.97 Å². The Morgan fingerprint density at radius 3 is 2.67 bits per heavy atom. The van der Waals surface area contributed by atoms with Crippen LogP contribution < -0.4 is 10.6 Å². The average Bonchev–Trinajstić information content (AvgIpc) is 3.17. The Labute approximate surface area is 178 Å². The molecular formula is C22H22N6OS. The van der Waals surface area contributed by atoms with Gasteiger partial charge >= 0.3 is 0 Å². The number of thioether (sulfide) groups is 1. The Balaban J connectivity index is 1.43. The molecule has 8 heteroatoms. The fraction of sp³-hybridized carbons (Fsp3) is 0.182. The third-order valence-corrected chi connectivity index (χ3v) is 5.28. The van der Waals surface area contributed by atoms with Gasteiger partial charge in [-0.2, -0.15) is 5.10 Å². The third-order valence-electron chi connectivity index (χ3n) is 4.44. The summed E-state index contributed by atoms with van der Waals surface area (Å²) in [5.41, 5.74) is 3.01. The Morgan fingerprint density at radius 1 is 1.07 bits per heavy atom. The molecule has 0 fully saturated rings. The second-order valence-corrected chi connectivity index (χ2v) is 7.75. The van der Waals surface area contributed by atoms with Gasteiger partial charge in [0.15, 0.2) is 11.0 Å². The highest BCUT2D eigenvalue weighted by molar-refractivity contribution is 7.99. The zero-order valence-corrected chi connectivity index (χ0v) is 17.4. The molecule has 4 aromatic rings. The number of anilines is 2. The summed E-state index contributed by atoms with van der Waals surface area (Å²) >= 11 is 1.30. The predicted octanol–water partition coefficient (Wildman–Crippen LogP) is 4.05. The summed E-state index contributed by atoms with van der Waals surface area (Å²) in [6.45, 7) is 2.64. The number of aryl methyl sites for hydroxylation is 1. The van der Waals surface area contributed by atoms with Crippen LogP contribution in [-0.2, 0) is 11.2 Å². The SMILES string of the molecule is Cc1cc(NC(=O)CSc2nc(NCCc3ccccc3)c3ccccc3n2)n[nH]1. The summed E-state index contributed by atoms with van der Waals surface area (Å²) in [6, 6.07) is 20.0. The van der Waals surface area contributed by atoms with E-state index in [1.165, 1.54) is 17.3 Å². The molecule has 0 unspecified atom stereocenters. The summed E-state index contributed by atoms with van der Waals surface area (Å²) in [6.07, 6.45) is 0.896. The fourth-order valence-electron chi connectivity index (χ4n) is 3.02. The lowest BCUT2D eigenvalue weighted by Crippen LogP contribution is -2.15. The number of rotatable bonds is 8. The number of nitrogens with zero attached hydrogens (tertiary/aromatic N) is 3. The summed E-state index contributed by atoms with van der Waals surface area (Å²) in [7, 11) is 0. The highest BCUT2D eigenvalue weighted by Crippen LogP contribution is 2.24. The fourth-order valence-corrected chi connectivity index (χ4v) is 3.67. The van der Waals surface area contributed by atoms with Crippen molar-refractivity contribution in [3.63, 3.8) is 0 Å². The molecule has 0 aliphatic rings. The Kier molecular flexibility index (Phi) is 6.24. The van der Waals surface area contributed by atoms with Crippen molar-refractivity contribution in [2.75, 3.05) is 22.9 Å². The number of hydrogen-bond donors (Lipinski definition) is 3. The maximum absolute atomic E-state index is 12.2. The molecule has 2 aromatic carbocycles. The van der Waals surface area contributed by atoms with E-state index in [0.717, 1.165) is 35.4 Å². The number of amides is 1. The number of aromatic nitrogens is 4. The molecule has 0 radical (unpaired) electrons. The highest BCUT2D eigenvalue weighted by Gasteiger charge is 2.11. The summed E-state index contributed by atoms with van der Waals surface area (Å²) in [4.78, 5) is 21.5. The van der Waals surface area contributed by atoms with Gasteiger partial charge < -0.3 is 10.6 Å². The van der Waals surface area contributed by atoms with Gasteiger partial charge in [0.1, 0.15) is 5.82 Å². The first-order chi connectivity index (χ1) is 14.7. The largest absolute Gasteiger partial charge is 0.369 e. The second kappa shape index (κ2) is 9.41. The molecule has 7 nitrogen and oxygen atoms in total. The molecule has 0 atom stereocenters. The van der Waals surface area contributed by atoms with Gasteiger partial charge in [0.2, 0.25) is 5.91 Å². The van der Waals surface area contributed by atoms with Crippen LogP contribution in [0.5, 0.6) is 0 Å². The summed E-state index contributed by atoms with van der Waals surface area (Å²) in [5.74, 6) is 1.35. The first kappa shape index (κ1) is 19.9. The minimum absolute atomic E-state index is 0.151. The van der Waals surface area contributed by atoms with Gasteiger partial charge in [-0.15, -0.1) is 0 Å². The van der Waals surface area contributed by atoms with Crippen LogP contribution in [0.2, 0.25) is 0 Å². The van der Waals surface area contributed by atoms with Gasteiger partial charge in [-0.1, -0.05) is 54.2 Å². The molecule has 2 heterocycles. The van der Waals surface area contributed by atoms with Crippen LogP contribution in [0.3, 0.4) is 0 Å². The van der Waals surface area contributed by atoms with E-state index in [-0.39, 0.29) is 11.7 Å². The van der Waals surface area contributed by atoms with Gasteiger partial charge in [0.05, 0.1) is 11.3 Å². The molecule has 152 valence electrons. The zero-order chi connectivity index (χ0) is 20.8. The topological polar surface area (TPSA) is 95.6 Å². The lowest BCUT2D eigenvalue weighted by molar-refractivity contribution is -0.113. The molecule has 1 amide bonds. The van der Waals surface area contributed by atoms with E-state index in [4.69, 9.17) is 0 Å². The molecule has 0 aliphatic heterocycles. The molecule has 0 aliphatic carbocycles. The van der Waals surface area contributed by atoms with E-state index in [1.54, 1.807) is 6.07 Å². The molecular weight excluding hydrogens is 396 g/mol. The molecule has 4 rings (SSSR count). The van der Waals surface area contributed by atoms with E-state index >= 15 is 0 Å². The van der Waals surface area contributed by atoms with Crippen LogP contribution >= 0.6 is 11.8 Å². The molecule has 0 saturated heterocycles. The number of aromatic amines is 1. The number of carbonyl (C=O) groups is 1. The highest BCUT2D eigenvalue weighted by atomic mass is 32.2. The number of benzene rings is 2. The van der Waals surface area contributed by atoms with E-state index in [2.05, 4.69) is 42.9 Å². The van der Waals surface area contributed by atoms with Crippen LogP contribution in [0.4, 0.5) is 11.6 Å². The first-order valence-corrected chi connectivity index (χ1v) is 10.7. The van der Waals surface area contributed by atoms with Crippen molar-refractivity contribution >= 4 is 40.2 Å². The monoisotopic (exact) mass is 418 g/mol. The minimum Gasteiger partial charge on any atom is -0.369 e. The normalized spacial score (nSPS) is 10.8. The van der Waals surface area contributed by atoms with E-state index in [0.29, 0.717) is 11.0 Å². The van der Waals surface area contributed by atoms with Gasteiger partial charge in [-0.05, 0) is 31.0 Å². The molecule has 0 spiro atoms. The molecule has 3 N–H and O–H groups in total. The van der Waals surface area contributed by atoms with Crippen LogP contribution in [0.1, 0.15) is 11.3 Å². The number of carbonyl (C=O) groups excluding carboxylic acids is 1. The maximum Gasteiger partial charge on any atom is 0.236 e. The average molecular weight is 419 g/mol. The lowest BCUT2D eigenvalue weighted by Gasteiger charge is -2.11. The molecule has 0 saturated carbocycles. The summed E-state index contributed by atoms with van der Waals surface area (Å²) < 4.78 is 0. The van der Waals surface area contributed by atoms with Crippen molar-refractivity contribution < 1.29 is 4.79 Å². The van der Waals surface area contributed by atoms with Gasteiger partial charge in [-0.3, -0.25) is 9.89 Å². The van der Waals surface area contributed by atoms with Crippen molar-refractivity contribution in [1.29, 1.82) is 0 Å². The maximum atomic E-state index is 12.2. The van der Waals surface area contributed by atoms with Gasteiger partial charge in [0.25, 0.3) is 0 Å². The van der Waals surface area contributed by atoms with Crippen LogP contribution in [-0.4, -0.2) is 38.4 Å². The number of H-pyrrole nitrogens is 1. The van der Waals surface area contributed by atoms with Crippen molar-refractivity contribution in [3.05, 3.63) is 71.9 Å². The Morgan fingerprint density at radius 2 is 1.87 bits per heavy atom. The molecule has 0 bridgehead atoms. The third kappa shape index (κ3) is 5.15. The number of para-hydroxylation sites is 1. The Hall–Kier alpha value is -3.39. The van der Waals surface area contributed by atoms with E-state index in [1.807, 2.05) is 49.4 Å². The minimum atomic E-state index is -0.151. The predicted molar refractivity (Wildman–Crippen MR) is 121 cm³/mol. The summed E-state index contributed by atoms with van der Waals surface area (Å²) in [5, 5.41) is 14.5. The Bertz CT molecular complexity index is 1140. The van der Waals surface area contributed by atoms with Crippen LogP contribution in [0.15, 0.2) is 65.8 Å². The number of nitrogens with one attached hydrogen (secondary N) is 3. The number of fused-ring (bicyclic) bond motifs is 1. The quantitative estimate of drug-likeness (QED) is 0.295. The number of hydrogen-bond acceptors (Lipinski definition) is 6.